The fourth-order valence-corrected chi connectivity index (χ4v) is 0.769. The Morgan fingerprint density at radius 3 is 3.08 bits per heavy atom. The largest absolute Gasteiger partial charge is 0.301 e. The molecule has 0 aliphatic heterocycles. The first-order chi connectivity index (χ1) is 5.72. The van der Waals surface area contributed by atoms with E-state index < -0.39 is 5.91 Å². The molecule has 0 saturated carbocycles. The topological polar surface area (TPSA) is 57.8 Å². The molecule has 1 aromatic heterocycles. The molecule has 0 bridgehead atoms. The van der Waals surface area contributed by atoms with E-state index in [-0.39, 0.29) is 0 Å². The van der Waals surface area contributed by atoms with Crippen LogP contribution in [-0.4, -0.2) is 16.1 Å². The number of aromatic amines is 1. The third-order valence-corrected chi connectivity index (χ3v) is 1.22. The van der Waals surface area contributed by atoms with Gasteiger partial charge < -0.3 is 0 Å². The zero-order valence-electron chi connectivity index (χ0n) is 6.31. The monoisotopic (exact) mass is 183 g/mol. The number of carbonyl (C=O) groups excluding carboxylic acids is 1. The van der Waals surface area contributed by atoms with Crippen LogP contribution in [0.25, 0.3) is 0 Å². The van der Waals surface area contributed by atoms with Gasteiger partial charge in [-0.15, -0.1) is 0 Å². The van der Waals surface area contributed by atoms with E-state index in [4.69, 9.17) is 11.6 Å². The van der Waals surface area contributed by atoms with Crippen LogP contribution in [0.2, 0.25) is 5.15 Å². The highest BCUT2D eigenvalue weighted by Crippen LogP contribution is 2.09. The number of rotatable bonds is 1. The number of carbonyl (C=O) groups is 1. The molecule has 5 heteroatoms. The Bertz CT molecular complexity index is 347. The van der Waals surface area contributed by atoms with Crippen LogP contribution >= 0.6 is 11.6 Å². The van der Waals surface area contributed by atoms with E-state index >= 15 is 0 Å². The average molecular weight is 184 g/mol. The molecule has 2 N–H and O–H groups in total. The molecular weight excluding hydrogens is 178 g/mol. The summed E-state index contributed by atoms with van der Waals surface area (Å²) in [6.07, 6.45) is 0. The molecule has 1 rings (SSSR count). The maximum absolute atomic E-state index is 10.8. The van der Waals surface area contributed by atoms with Crippen molar-refractivity contribution in [3.63, 3.8) is 0 Å². The van der Waals surface area contributed by atoms with Gasteiger partial charge in [-0.05, 0) is 12.8 Å². The number of amides is 1. The minimum Gasteiger partial charge on any atom is -0.298 e. The molecule has 1 aromatic rings. The van der Waals surface area contributed by atoms with Gasteiger partial charge in [0.25, 0.3) is 0 Å². The predicted octanol–water partition coefficient (Wildman–Crippen LogP) is 1.02. The first kappa shape index (κ1) is 8.62. The van der Waals surface area contributed by atoms with Gasteiger partial charge in [-0.2, -0.15) is 5.10 Å². The van der Waals surface area contributed by atoms with Gasteiger partial charge in [0.05, 0.1) is 0 Å². The third-order valence-electron chi connectivity index (χ3n) is 1.03. The average Bonchev–Trinajstić information content (AvgIpc) is 2.36. The van der Waals surface area contributed by atoms with E-state index in [1.54, 1.807) is 6.92 Å². The van der Waals surface area contributed by atoms with Crippen LogP contribution in [0.15, 0.2) is 6.07 Å². The Balaban J connectivity index is 2.62. The second-order valence-corrected chi connectivity index (χ2v) is 2.34. The summed E-state index contributed by atoms with van der Waals surface area (Å²) >= 11 is 5.52. The molecule has 0 spiro atoms. The number of anilines is 1. The van der Waals surface area contributed by atoms with Gasteiger partial charge in [-0.3, -0.25) is 15.2 Å². The molecule has 0 aromatic carbocycles. The third kappa shape index (κ3) is 2.29. The van der Waals surface area contributed by atoms with Crippen LogP contribution in [0.1, 0.15) is 6.92 Å². The van der Waals surface area contributed by atoms with Crippen molar-refractivity contribution in [1.82, 2.24) is 10.2 Å². The smallest absolute Gasteiger partial charge is 0.298 e. The van der Waals surface area contributed by atoms with E-state index in [1.807, 2.05) is 0 Å². The van der Waals surface area contributed by atoms with E-state index in [9.17, 15) is 4.79 Å². The van der Waals surface area contributed by atoms with Gasteiger partial charge in [0.15, 0.2) is 5.82 Å². The summed E-state index contributed by atoms with van der Waals surface area (Å²) < 4.78 is 0. The number of halogens is 1. The van der Waals surface area contributed by atoms with Crippen molar-refractivity contribution in [2.24, 2.45) is 0 Å². The zero-order chi connectivity index (χ0) is 8.97. The lowest BCUT2D eigenvalue weighted by atomic mass is 10.5. The Morgan fingerprint density at radius 2 is 2.58 bits per heavy atom. The van der Waals surface area contributed by atoms with Gasteiger partial charge in [0, 0.05) is 6.07 Å². The summed E-state index contributed by atoms with van der Waals surface area (Å²) in [6, 6.07) is 1.50. The van der Waals surface area contributed by atoms with Crippen LogP contribution in [0.4, 0.5) is 5.82 Å². The summed E-state index contributed by atoms with van der Waals surface area (Å²) in [7, 11) is 0. The Morgan fingerprint density at radius 1 is 1.83 bits per heavy atom. The summed E-state index contributed by atoms with van der Waals surface area (Å²) in [4.78, 5) is 10.8. The molecule has 62 valence electrons. The lowest BCUT2D eigenvalue weighted by Crippen LogP contribution is -2.08. The van der Waals surface area contributed by atoms with Crippen molar-refractivity contribution < 1.29 is 4.79 Å². The molecule has 0 aliphatic rings. The first-order valence-corrected chi connectivity index (χ1v) is 3.55. The van der Waals surface area contributed by atoms with Crippen LogP contribution in [-0.2, 0) is 4.79 Å². The molecule has 0 saturated heterocycles. The molecule has 0 fully saturated rings. The maximum Gasteiger partial charge on any atom is 0.301 e. The number of hydrogen-bond acceptors (Lipinski definition) is 2. The molecule has 4 nitrogen and oxygen atoms in total. The summed E-state index contributed by atoms with van der Waals surface area (Å²) in [5.74, 6) is 4.73. The quantitative estimate of drug-likeness (QED) is 0.639. The number of nitrogens with zero attached hydrogens (tertiary/aromatic N) is 1. The predicted molar refractivity (Wildman–Crippen MR) is 45.7 cm³/mol. The fraction of sp³-hybridized carbons (Fsp3) is 0.143. The van der Waals surface area contributed by atoms with Crippen molar-refractivity contribution in [3.05, 3.63) is 11.2 Å². The van der Waals surface area contributed by atoms with Crippen LogP contribution in [0, 0.1) is 11.8 Å². The summed E-state index contributed by atoms with van der Waals surface area (Å²) in [5.41, 5.74) is 0. The normalized spacial score (nSPS) is 8.50. The second-order valence-electron chi connectivity index (χ2n) is 1.93. The molecule has 0 unspecified atom stereocenters. The van der Waals surface area contributed by atoms with E-state index in [2.05, 4.69) is 27.4 Å². The lowest BCUT2D eigenvalue weighted by molar-refractivity contribution is -0.111. The fourth-order valence-electron chi connectivity index (χ4n) is 0.623. The Hall–Kier alpha value is -1.47. The molecule has 1 heterocycles. The highest BCUT2D eigenvalue weighted by molar-refractivity contribution is 6.29. The summed E-state index contributed by atoms with van der Waals surface area (Å²) in [6.45, 7) is 1.58. The molecule has 12 heavy (non-hydrogen) atoms. The molecule has 0 radical (unpaired) electrons. The summed E-state index contributed by atoms with van der Waals surface area (Å²) in [5, 5.41) is 8.94. The van der Waals surface area contributed by atoms with Crippen LogP contribution < -0.4 is 5.32 Å². The number of H-pyrrole nitrogens is 1. The standard InChI is InChI=1S/C7H6ClN3O/c1-2-3-7(12)9-6-4-5(8)10-11-6/h4H,1H3,(H2,9,10,11,12). The molecule has 1 amide bonds. The van der Waals surface area contributed by atoms with Crippen molar-refractivity contribution in [2.45, 2.75) is 6.92 Å². The maximum atomic E-state index is 10.8. The van der Waals surface area contributed by atoms with Gasteiger partial charge >= 0.3 is 5.91 Å². The second kappa shape index (κ2) is 3.79. The van der Waals surface area contributed by atoms with Gasteiger partial charge in [0.1, 0.15) is 5.15 Å². The lowest BCUT2D eigenvalue weighted by Gasteiger charge is -1.90. The molecule has 0 atom stereocenters. The van der Waals surface area contributed by atoms with Crippen LogP contribution in [0.5, 0.6) is 0 Å². The Labute approximate surface area is 74.3 Å². The van der Waals surface area contributed by atoms with Crippen molar-refractivity contribution in [1.29, 1.82) is 0 Å². The first-order valence-electron chi connectivity index (χ1n) is 3.17. The van der Waals surface area contributed by atoms with E-state index in [0.29, 0.717) is 11.0 Å². The highest BCUT2D eigenvalue weighted by Gasteiger charge is 2.00. The van der Waals surface area contributed by atoms with Crippen molar-refractivity contribution in [3.8, 4) is 11.8 Å². The van der Waals surface area contributed by atoms with Gasteiger partial charge in [-0.1, -0.05) is 17.5 Å². The number of hydrogen-bond donors (Lipinski definition) is 2. The minimum atomic E-state index is -0.402. The van der Waals surface area contributed by atoms with Gasteiger partial charge in [-0.25, -0.2) is 0 Å². The highest BCUT2D eigenvalue weighted by atomic mass is 35.5. The van der Waals surface area contributed by atoms with Crippen LogP contribution in [0.3, 0.4) is 0 Å². The Kier molecular flexibility index (Phi) is 2.72. The van der Waals surface area contributed by atoms with E-state index in [1.165, 1.54) is 6.07 Å². The zero-order valence-corrected chi connectivity index (χ0v) is 7.07. The minimum absolute atomic E-state index is 0.368. The molecule has 0 aliphatic carbocycles. The SMILES string of the molecule is CC#CC(=O)Nc1cc(Cl)[nH]n1. The van der Waals surface area contributed by atoms with E-state index in [0.717, 1.165) is 0 Å². The number of aromatic nitrogens is 2. The number of nitrogens with one attached hydrogen (secondary N) is 2. The molecular formula is C7H6ClN3O. The van der Waals surface area contributed by atoms with Gasteiger partial charge in [0.2, 0.25) is 0 Å². The van der Waals surface area contributed by atoms with Crippen molar-refractivity contribution in [2.75, 3.05) is 5.32 Å². The van der Waals surface area contributed by atoms with Crippen molar-refractivity contribution >= 4 is 23.3 Å².